The van der Waals surface area contributed by atoms with Crippen LogP contribution in [0.1, 0.15) is 45.6 Å². The Balaban J connectivity index is 2.33. The number of ether oxygens (including phenoxy) is 2. The summed E-state index contributed by atoms with van der Waals surface area (Å²) in [7, 11) is 6.55. The zero-order valence-electron chi connectivity index (χ0n) is 19.4. The van der Waals surface area contributed by atoms with Gasteiger partial charge < -0.3 is 25.0 Å². The maximum absolute atomic E-state index is 12.1. The molecule has 0 aliphatic heterocycles. The summed E-state index contributed by atoms with van der Waals surface area (Å²) in [6, 6.07) is 6.12. The minimum absolute atomic E-state index is 0.140. The highest BCUT2D eigenvalue weighted by molar-refractivity contribution is 5.87. The molecule has 0 fully saturated rings. The van der Waals surface area contributed by atoms with Gasteiger partial charge in [-0.05, 0) is 49.8 Å². The number of carbonyl (C=O) groups is 2. The van der Waals surface area contributed by atoms with Crippen LogP contribution in [-0.2, 0) is 20.9 Å². The molecule has 0 aliphatic carbocycles. The number of nitrogens with one attached hydrogen (secondary N) is 1. The molecule has 0 saturated heterocycles. The molecule has 0 saturated carbocycles. The van der Waals surface area contributed by atoms with E-state index in [1.807, 2.05) is 38.1 Å². The molecule has 0 heterocycles. The van der Waals surface area contributed by atoms with Gasteiger partial charge in [0.05, 0.1) is 40.3 Å². The van der Waals surface area contributed by atoms with Gasteiger partial charge in [0.15, 0.2) is 0 Å². The van der Waals surface area contributed by atoms with Crippen LogP contribution in [-0.4, -0.2) is 62.7 Å². The zero-order chi connectivity index (χ0) is 22.7. The number of rotatable bonds is 13. The molecule has 7 heteroatoms. The summed E-state index contributed by atoms with van der Waals surface area (Å²) in [6.45, 7) is 7.53. The van der Waals surface area contributed by atoms with Crippen LogP contribution in [0.2, 0.25) is 0 Å². The van der Waals surface area contributed by atoms with Gasteiger partial charge in [-0.25, -0.2) is 4.79 Å². The lowest BCUT2D eigenvalue weighted by atomic mass is 10.0. The third-order valence-corrected chi connectivity index (χ3v) is 4.57. The van der Waals surface area contributed by atoms with E-state index in [1.54, 1.807) is 6.92 Å². The average Bonchev–Trinajstić information content (AvgIpc) is 2.65. The molecule has 170 valence electrons. The summed E-state index contributed by atoms with van der Waals surface area (Å²) in [4.78, 5) is 24.2. The van der Waals surface area contributed by atoms with Crippen molar-refractivity contribution < 1.29 is 23.5 Å². The first-order chi connectivity index (χ1) is 14.0. The standard InChI is InChI=1S/C23H39N3O4/c1-17(2)15-21(24)22(27)25-18(3)23(28)30-16-19-9-11-20(12-10-19)29-14-8-7-13-26(4,5)6/h9-12,17-18,21H,7-8,13-16,24H2,1-6H3/p+1. The number of nitrogens with zero attached hydrogens (tertiary/aromatic N) is 1. The number of hydrogen-bond donors (Lipinski definition) is 2. The monoisotopic (exact) mass is 422 g/mol. The van der Waals surface area contributed by atoms with Crippen LogP contribution in [0, 0.1) is 5.92 Å². The Labute approximate surface area is 181 Å². The summed E-state index contributed by atoms with van der Waals surface area (Å²) in [5.74, 6) is 0.284. The lowest BCUT2D eigenvalue weighted by Gasteiger charge is -2.23. The Morgan fingerprint density at radius 1 is 1.07 bits per heavy atom. The van der Waals surface area contributed by atoms with Crippen LogP contribution >= 0.6 is 0 Å². The lowest BCUT2D eigenvalue weighted by Crippen LogP contribution is -2.48. The lowest BCUT2D eigenvalue weighted by molar-refractivity contribution is -0.870. The van der Waals surface area contributed by atoms with Gasteiger partial charge in [-0.15, -0.1) is 0 Å². The highest BCUT2D eigenvalue weighted by Gasteiger charge is 2.21. The fourth-order valence-corrected chi connectivity index (χ4v) is 2.83. The highest BCUT2D eigenvalue weighted by Crippen LogP contribution is 2.14. The average molecular weight is 423 g/mol. The Bertz CT molecular complexity index is 653. The molecule has 1 amide bonds. The third-order valence-electron chi connectivity index (χ3n) is 4.57. The van der Waals surface area contributed by atoms with E-state index in [9.17, 15) is 9.59 Å². The number of hydrogen-bond acceptors (Lipinski definition) is 5. The van der Waals surface area contributed by atoms with Crippen LogP contribution in [0.15, 0.2) is 24.3 Å². The Kier molecular flexibility index (Phi) is 10.8. The number of benzene rings is 1. The van der Waals surface area contributed by atoms with Gasteiger partial charge in [0.1, 0.15) is 18.4 Å². The summed E-state index contributed by atoms with van der Waals surface area (Å²) >= 11 is 0. The second kappa shape index (κ2) is 12.5. The van der Waals surface area contributed by atoms with Crippen LogP contribution in [0.5, 0.6) is 5.75 Å². The van der Waals surface area contributed by atoms with E-state index in [-0.39, 0.29) is 12.5 Å². The maximum atomic E-state index is 12.1. The molecule has 30 heavy (non-hydrogen) atoms. The van der Waals surface area contributed by atoms with E-state index in [1.165, 1.54) is 0 Å². The molecule has 2 unspecified atom stereocenters. The largest absolute Gasteiger partial charge is 0.494 e. The van der Waals surface area contributed by atoms with E-state index in [0.717, 1.165) is 35.2 Å². The second-order valence-corrected chi connectivity index (χ2v) is 9.29. The van der Waals surface area contributed by atoms with E-state index in [0.29, 0.717) is 18.9 Å². The quantitative estimate of drug-likeness (QED) is 0.290. The molecule has 0 spiro atoms. The van der Waals surface area contributed by atoms with E-state index < -0.39 is 18.1 Å². The normalized spacial score (nSPS) is 13.6. The first-order valence-electron chi connectivity index (χ1n) is 10.7. The number of unbranched alkanes of at least 4 members (excludes halogenated alkanes) is 1. The SMILES string of the molecule is CC(C)CC(N)C(=O)NC(C)C(=O)OCc1ccc(OCCCC[N+](C)(C)C)cc1. The van der Waals surface area contributed by atoms with Crippen molar-refractivity contribution in [3.05, 3.63) is 29.8 Å². The minimum Gasteiger partial charge on any atom is -0.494 e. The molecule has 2 atom stereocenters. The Morgan fingerprint density at radius 3 is 2.27 bits per heavy atom. The number of esters is 1. The van der Waals surface area contributed by atoms with E-state index >= 15 is 0 Å². The molecule has 3 N–H and O–H groups in total. The first kappa shape index (κ1) is 25.9. The number of carbonyl (C=O) groups excluding carboxylic acids is 2. The van der Waals surface area contributed by atoms with Crippen LogP contribution < -0.4 is 15.8 Å². The Morgan fingerprint density at radius 2 is 1.70 bits per heavy atom. The van der Waals surface area contributed by atoms with Gasteiger partial charge in [0.2, 0.25) is 5.91 Å². The molecule has 7 nitrogen and oxygen atoms in total. The van der Waals surface area contributed by atoms with Crippen LogP contribution in [0.4, 0.5) is 0 Å². The van der Waals surface area contributed by atoms with E-state index in [2.05, 4.69) is 26.5 Å². The summed E-state index contributed by atoms with van der Waals surface area (Å²) in [5.41, 5.74) is 6.70. The van der Waals surface area contributed by atoms with Gasteiger partial charge >= 0.3 is 5.97 Å². The van der Waals surface area contributed by atoms with Crippen molar-refractivity contribution in [1.82, 2.24) is 5.32 Å². The first-order valence-corrected chi connectivity index (χ1v) is 10.7. The van der Waals surface area contributed by atoms with Crippen LogP contribution in [0.25, 0.3) is 0 Å². The summed E-state index contributed by atoms with van der Waals surface area (Å²) in [6.07, 6.45) is 2.70. The maximum Gasteiger partial charge on any atom is 0.328 e. The topological polar surface area (TPSA) is 90.7 Å². The Hall–Kier alpha value is -2.12. The van der Waals surface area contributed by atoms with Gasteiger partial charge in [-0.2, -0.15) is 0 Å². The minimum atomic E-state index is -0.745. The third kappa shape index (κ3) is 11.2. The smallest absolute Gasteiger partial charge is 0.328 e. The van der Waals surface area contributed by atoms with Crippen molar-refractivity contribution in [3.8, 4) is 5.75 Å². The molecule has 1 aromatic carbocycles. The highest BCUT2D eigenvalue weighted by atomic mass is 16.5. The second-order valence-electron chi connectivity index (χ2n) is 9.29. The van der Waals surface area contributed by atoms with Crippen LogP contribution in [0.3, 0.4) is 0 Å². The molecule has 0 bridgehead atoms. The predicted molar refractivity (Wildman–Crippen MR) is 119 cm³/mol. The van der Waals surface area contributed by atoms with Crippen molar-refractivity contribution in [1.29, 1.82) is 0 Å². The van der Waals surface area contributed by atoms with Crippen molar-refractivity contribution in [3.63, 3.8) is 0 Å². The number of quaternary nitrogens is 1. The molecule has 1 rings (SSSR count). The zero-order valence-corrected chi connectivity index (χ0v) is 19.4. The van der Waals surface area contributed by atoms with E-state index in [4.69, 9.17) is 15.2 Å². The molecule has 0 aliphatic rings. The number of amides is 1. The molecular formula is C23H40N3O4+. The molecule has 0 radical (unpaired) electrons. The van der Waals surface area contributed by atoms with Gasteiger partial charge in [0, 0.05) is 0 Å². The predicted octanol–water partition coefficient (Wildman–Crippen LogP) is 2.47. The van der Waals surface area contributed by atoms with Gasteiger partial charge in [-0.3, -0.25) is 4.79 Å². The fourth-order valence-electron chi connectivity index (χ4n) is 2.83. The molecule has 0 aromatic heterocycles. The molecular weight excluding hydrogens is 382 g/mol. The van der Waals surface area contributed by atoms with Crippen molar-refractivity contribution in [2.24, 2.45) is 11.7 Å². The van der Waals surface area contributed by atoms with Gasteiger partial charge in [-0.1, -0.05) is 26.0 Å². The van der Waals surface area contributed by atoms with Gasteiger partial charge in [0.25, 0.3) is 0 Å². The molecule has 1 aromatic rings. The van der Waals surface area contributed by atoms with Crippen molar-refractivity contribution in [2.45, 2.75) is 58.7 Å². The number of nitrogens with two attached hydrogens (primary N) is 1. The van der Waals surface area contributed by atoms with Crippen molar-refractivity contribution in [2.75, 3.05) is 34.3 Å². The summed E-state index contributed by atoms with van der Waals surface area (Å²) in [5, 5.41) is 2.61. The summed E-state index contributed by atoms with van der Waals surface area (Å²) < 4.78 is 12.0. The van der Waals surface area contributed by atoms with Crippen molar-refractivity contribution >= 4 is 11.9 Å². The fraction of sp³-hybridized carbons (Fsp3) is 0.652.